The van der Waals surface area contributed by atoms with Crippen LogP contribution in [0.5, 0.6) is 0 Å². The highest BCUT2D eigenvalue weighted by molar-refractivity contribution is 6.35. The molecule has 2 heterocycles. The predicted molar refractivity (Wildman–Crippen MR) is 152 cm³/mol. The van der Waals surface area contributed by atoms with Crippen LogP contribution in [0.2, 0.25) is 15.1 Å². The lowest BCUT2D eigenvalue weighted by Crippen LogP contribution is -2.32. The van der Waals surface area contributed by atoms with Crippen molar-refractivity contribution in [1.82, 2.24) is 15.1 Å². The first-order chi connectivity index (χ1) is 19.3. The number of alkyl halides is 3. The van der Waals surface area contributed by atoms with E-state index in [9.17, 15) is 22.8 Å². The number of carboxylic acids is 1. The summed E-state index contributed by atoms with van der Waals surface area (Å²) in [6.07, 6.45) is -2.46. The quantitative estimate of drug-likeness (QED) is 0.298. The normalized spacial score (nSPS) is 13.5. The summed E-state index contributed by atoms with van der Waals surface area (Å²) in [5, 5.41) is 21.2. The largest absolute Gasteiger partial charge is 0.490 e. The third-order valence-corrected chi connectivity index (χ3v) is 6.35. The number of halogens is 6. The van der Waals surface area contributed by atoms with Gasteiger partial charge in [0.15, 0.2) is 0 Å². The van der Waals surface area contributed by atoms with Crippen LogP contribution in [0.25, 0.3) is 0 Å². The van der Waals surface area contributed by atoms with Crippen LogP contribution in [0.4, 0.5) is 35.0 Å². The summed E-state index contributed by atoms with van der Waals surface area (Å²) in [6.45, 7) is 3.64. The zero-order valence-corrected chi connectivity index (χ0v) is 23.4. The number of rotatable bonds is 5. The topological polar surface area (TPSA) is 129 Å². The molecule has 3 aromatic rings. The lowest BCUT2D eigenvalue weighted by Gasteiger charge is -2.23. The Labute approximate surface area is 247 Å². The highest BCUT2D eigenvalue weighted by atomic mass is 35.5. The van der Waals surface area contributed by atoms with E-state index in [4.69, 9.17) is 44.7 Å². The Kier molecular flexibility index (Phi) is 11.2. The minimum atomic E-state index is -5.08. The van der Waals surface area contributed by atoms with Gasteiger partial charge in [0, 0.05) is 41.1 Å². The van der Waals surface area contributed by atoms with Gasteiger partial charge in [-0.1, -0.05) is 46.9 Å². The number of amides is 2. The lowest BCUT2D eigenvalue weighted by atomic mass is 10.2. The van der Waals surface area contributed by atoms with Gasteiger partial charge in [0.1, 0.15) is 5.02 Å². The van der Waals surface area contributed by atoms with E-state index in [1.807, 2.05) is 12.1 Å². The Morgan fingerprint density at radius 3 is 2.20 bits per heavy atom. The standard InChI is InChI=1S/C23H23Cl3N6O2.C2HF3O2/c24-16-10-17(25)12-19(11-16)30-23(34)29-18-4-2-15(3-5-18)14-32-22(33)21(26)20(13-28-32)31-8-1-6-27-7-9-31;3-2(4,5)1(6)7/h2-5,10-13,27H,1,6-9,14H2,(H2,29,30,34);(H,6,7). The molecule has 10 nitrogen and oxygen atoms in total. The summed E-state index contributed by atoms with van der Waals surface area (Å²) in [5.41, 5.74) is 2.23. The number of carboxylic acid groups (broad SMARTS) is 1. The van der Waals surface area contributed by atoms with Gasteiger partial charge in [-0.2, -0.15) is 18.3 Å². The number of aliphatic carboxylic acids is 1. The Morgan fingerprint density at radius 2 is 1.59 bits per heavy atom. The molecule has 0 radical (unpaired) electrons. The minimum Gasteiger partial charge on any atom is -0.475 e. The van der Waals surface area contributed by atoms with Crippen molar-refractivity contribution in [3.63, 3.8) is 0 Å². The van der Waals surface area contributed by atoms with E-state index in [0.717, 1.165) is 38.2 Å². The number of aromatic nitrogens is 2. The zero-order valence-electron chi connectivity index (χ0n) is 21.1. The number of carbonyl (C=O) groups excluding carboxylic acids is 1. The number of nitrogens with zero attached hydrogens (tertiary/aromatic N) is 3. The molecular formula is C25H24Cl3F3N6O4. The number of anilines is 3. The van der Waals surface area contributed by atoms with Gasteiger partial charge in [-0.15, -0.1) is 0 Å². The van der Waals surface area contributed by atoms with E-state index in [1.165, 1.54) is 4.68 Å². The van der Waals surface area contributed by atoms with Gasteiger partial charge in [0.05, 0.1) is 18.4 Å². The van der Waals surface area contributed by atoms with E-state index < -0.39 is 18.2 Å². The summed E-state index contributed by atoms with van der Waals surface area (Å²) >= 11 is 18.3. The van der Waals surface area contributed by atoms with Crippen LogP contribution in [-0.4, -0.2) is 59.2 Å². The van der Waals surface area contributed by atoms with Crippen LogP contribution >= 0.6 is 34.8 Å². The van der Waals surface area contributed by atoms with Crippen LogP contribution in [0.15, 0.2) is 53.5 Å². The van der Waals surface area contributed by atoms with Gasteiger partial charge in [-0.3, -0.25) is 4.79 Å². The number of nitrogens with one attached hydrogen (secondary N) is 3. The monoisotopic (exact) mass is 634 g/mol. The number of hydrogen-bond donors (Lipinski definition) is 4. The summed E-state index contributed by atoms with van der Waals surface area (Å²) in [7, 11) is 0. The second-order valence-electron chi connectivity index (χ2n) is 8.63. The van der Waals surface area contributed by atoms with Crippen LogP contribution in [-0.2, 0) is 11.3 Å². The number of hydrogen-bond acceptors (Lipinski definition) is 6. The van der Waals surface area contributed by atoms with E-state index >= 15 is 0 Å². The maximum Gasteiger partial charge on any atom is 0.490 e. The first-order valence-corrected chi connectivity index (χ1v) is 13.1. The molecule has 1 aliphatic rings. The molecular weight excluding hydrogens is 612 g/mol. The average Bonchev–Trinajstić information content (AvgIpc) is 3.17. The summed E-state index contributed by atoms with van der Waals surface area (Å²) in [5.74, 6) is -2.76. The Balaban J connectivity index is 0.000000587. The molecule has 16 heteroatoms. The molecule has 4 N–H and O–H groups in total. The Morgan fingerprint density at radius 1 is 0.976 bits per heavy atom. The summed E-state index contributed by atoms with van der Waals surface area (Å²) in [6, 6.07) is 11.4. The fraction of sp³-hybridized carbons (Fsp3) is 0.280. The van der Waals surface area contributed by atoms with Crippen molar-refractivity contribution in [2.75, 3.05) is 41.7 Å². The van der Waals surface area contributed by atoms with Crippen LogP contribution in [0.1, 0.15) is 12.0 Å². The molecule has 1 saturated heterocycles. The predicted octanol–water partition coefficient (Wildman–Crippen LogP) is 5.33. The van der Waals surface area contributed by atoms with Crippen molar-refractivity contribution in [1.29, 1.82) is 0 Å². The fourth-order valence-electron chi connectivity index (χ4n) is 3.66. The molecule has 1 aliphatic heterocycles. The maximum absolute atomic E-state index is 12.8. The van der Waals surface area contributed by atoms with Gasteiger partial charge in [0.25, 0.3) is 5.56 Å². The summed E-state index contributed by atoms with van der Waals surface area (Å²) < 4.78 is 33.1. The van der Waals surface area contributed by atoms with Crippen LogP contribution in [0.3, 0.4) is 0 Å². The average molecular weight is 636 g/mol. The summed E-state index contributed by atoms with van der Waals surface area (Å²) in [4.78, 5) is 36.0. The minimum absolute atomic E-state index is 0.174. The van der Waals surface area contributed by atoms with E-state index in [-0.39, 0.29) is 17.1 Å². The second kappa shape index (κ2) is 14.4. The van der Waals surface area contributed by atoms with Crippen molar-refractivity contribution in [2.45, 2.75) is 19.1 Å². The molecule has 2 amide bonds. The first kappa shape index (κ1) is 32.0. The fourth-order valence-corrected chi connectivity index (χ4v) is 4.45. The van der Waals surface area contributed by atoms with E-state index in [2.05, 4.69) is 25.9 Å². The lowest BCUT2D eigenvalue weighted by molar-refractivity contribution is -0.192. The van der Waals surface area contributed by atoms with Crippen molar-refractivity contribution in [3.05, 3.63) is 79.6 Å². The molecule has 41 heavy (non-hydrogen) atoms. The number of carbonyl (C=O) groups is 2. The van der Waals surface area contributed by atoms with Gasteiger partial charge >= 0.3 is 18.2 Å². The van der Waals surface area contributed by atoms with Crippen LogP contribution in [0, 0.1) is 0 Å². The maximum atomic E-state index is 12.8. The highest BCUT2D eigenvalue weighted by Crippen LogP contribution is 2.23. The first-order valence-electron chi connectivity index (χ1n) is 12.0. The smallest absolute Gasteiger partial charge is 0.475 e. The number of benzene rings is 2. The number of urea groups is 1. The van der Waals surface area contributed by atoms with Gasteiger partial charge in [0.2, 0.25) is 0 Å². The van der Waals surface area contributed by atoms with Crippen molar-refractivity contribution in [2.24, 2.45) is 0 Å². The Bertz CT molecular complexity index is 1410. The highest BCUT2D eigenvalue weighted by Gasteiger charge is 2.38. The van der Waals surface area contributed by atoms with E-state index in [0.29, 0.717) is 27.1 Å². The molecule has 0 aliphatic carbocycles. The third-order valence-electron chi connectivity index (χ3n) is 5.55. The molecule has 4 rings (SSSR count). The Hall–Kier alpha value is -3.52. The van der Waals surface area contributed by atoms with Crippen molar-refractivity contribution < 1.29 is 27.9 Å². The molecule has 2 aromatic carbocycles. The molecule has 0 unspecified atom stereocenters. The SMILES string of the molecule is O=C(Nc1ccc(Cn2ncc(N3CCCNCC3)c(Cl)c2=O)cc1)Nc1cc(Cl)cc(Cl)c1.O=C(O)C(F)(F)F. The van der Waals surface area contributed by atoms with Crippen molar-refractivity contribution >= 4 is 63.9 Å². The molecule has 1 fully saturated rings. The molecule has 0 bridgehead atoms. The third kappa shape index (κ3) is 9.81. The van der Waals surface area contributed by atoms with Gasteiger partial charge in [-0.05, 0) is 48.9 Å². The van der Waals surface area contributed by atoms with Crippen molar-refractivity contribution in [3.8, 4) is 0 Å². The molecule has 220 valence electrons. The van der Waals surface area contributed by atoms with E-state index in [1.54, 1.807) is 36.5 Å². The second-order valence-corrected chi connectivity index (χ2v) is 9.89. The zero-order chi connectivity index (χ0) is 30.2. The molecule has 0 saturated carbocycles. The van der Waals surface area contributed by atoms with Gasteiger partial charge < -0.3 is 26.0 Å². The molecule has 1 aromatic heterocycles. The van der Waals surface area contributed by atoms with Crippen LogP contribution < -0.4 is 26.4 Å². The molecule has 0 spiro atoms. The molecule has 0 atom stereocenters. The van der Waals surface area contributed by atoms with Gasteiger partial charge in [-0.25, -0.2) is 14.3 Å².